The van der Waals surface area contributed by atoms with Gasteiger partial charge in [-0.15, -0.1) is 10.2 Å². The van der Waals surface area contributed by atoms with Crippen LogP contribution in [0.25, 0.3) is 11.3 Å². The number of hydrogen-bond acceptors (Lipinski definition) is 4. The van der Waals surface area contributed by atoms with Crippen molar-refractivity contribution in [1.82, 2.24) is 15.5 Å². The zero-order valence-corrected chi connectivity index (χ0v) is 18.7. The topological polar surface area (TPSA) is 54.9 Å². The number of aromatic nitrogens is 2. The second-order valence-electron chi connectivity index (χ2n) is 7.07. The van der Waals surface area contributed by atoms with Gasteiger partial charge in [0.25, 0.3) is 5.91 Å². The summed E-state index contributed by atoms with van der Waals surface area (Å²) in [5.74, 6) is 0.720. The van der Waals surface area contributed by atoms with Crippen molar-refractivity contribution in [2.75, 3.05) is 6.54 Å². The summed E-state index contributed by atoms with van der Waals surface area (Å²) < 4.78 is 0. The molecule has 0 spiro atoms. The van der Waals surface area contributed by atoms with Crippen LogP contribution in [0.15, 0.2) is 65.7 Å². The summed E-state index contributed by atoms with van der Waals surface area (Å²) in [6.45, 7) is 2.91. The fraction of sp³-hybridized carbons (Fsp3) is 0.292. The average molecular weight is 440 g/mol. The molecule has 3 aromatic rings. The van der Waals surface area contributed by atoms with E-state index in [9.17, 15) is 4.79 Å². The normalized spacial score (nSPS) is 10.7. The third-order valence-electron chi connectivity index (χ3n) is 4.67. The molecule has 0 bridgehead atoms. The predicted octanol–water partition coefficient (Wildman–Crippen LogP) is 6.40. The van der Waals surface area contributed by atoms with E-state index in [1.54, 1.807) is 11.8 Å². The molecule has 0 saturated carbocycles. The molecule has 2 aromatic carbocycles. The van der Waals surface area contributed by atoms with E-state index in [-0.39, 0.29) is 5.91 Å². The molecule has 30 heavy (non-hydrogen) atoms. The van der Waals surface area contributed by atoms with Gasteiger partial charge in [0.15, 0.2) is 0 Å². The van der Waals surface area contributed by atoms with Gasteiger partial charge in [0.2, 0.25) is 0 Å². The van der Waals surface area contributed by atoms with E-state index < -0.39 is 0 Å². The van der Waals surface area contributed by atoms with E-state index in [1.807, 2.05) is 60.7 Å². The number of benzene rings is 2. The standard InChI is InChI=1S/C24H26ClN3OS/c1-2-3-4-5-15-26-24(29)20-8-6-7-18(16-20)17-30-23-14-13-22(27-28-23)19-9-11-21(25)12-10-19/h6-14,16H,2-5,15,17H2,1H3,(H,26,29). The van der Waals surface area contributed by atoms with Crippen LogP contribution in [0.5, 0.6) is 0 Å². The van der Waals surface area contributed by atoms with E-state index in [4.69, 9.17) is 11.6 Å². The van der Waals surface area contributed by atoms with Crippen molar-refractivity contribution in [3.63, 3.8) is 0 Å². The average Bonchev–Trinajstić information content (AvgIpc) is 2.78. The zero-order chi connectivity index (χ0) is 21.2. The molecule has 1 amide bonds. The van der Waals surface area contributed by atoms with Crippen LogP contribution in [-0.4, -0.2) is 22.6 Å². The molecule has 0 aliphatic carbocycles. The molecule has 0 atom stereocenters. The van der Waals surface area contributed by atoms with Crippen LogP contribution in [0.2, 0.25) is 5.02 Å². The third kappa shape index (κ3) is 6.85. The maximum Gasteiger partial charge on any atom is 0.251 e. The van der Waals surface area contributed by atoms with Crippen LogP contribution in [0.3, 0.4) is 0 Å². The van der Waals surface area contributed by atoms with Crippen LogP contribution >= 0.6 is 23.4 Å². The molecular formula is C24H26ClN3OS. The van der Waals surface area contributed by atoms with Crippen LogP contribution in [0.4, 0.5) is 0 Å². The van der Waals surface area contributed by atoms with E-state index in [0.29, 0.717) is 10.6 Å². The molecule has 1 N–H and O–H groups in total. The minimum Gasteiger partial charge on any atom is -0.352 e. The monoisotopic (exact) mass is 439 g/mol. The minimum atomic E-state index is -0.00884. The van der Waals surface area contributed by atoms with Crippen LogP contribution in [0, 0.1) is 0 Å². The van der Waals surface area contributed by atoms with E-state index in [2.05, 4.69) is 22.4 Å². The second kappa shape index (κ2) is 11.7. The molecule has 156 valence electrons. The second-order valence-corrected chi connectivity index (χ2v) is 8.50. The van der Waals surface area contributed by atoms with Gasteiger partial charge in [0.05, 0.1) is 5.69 Å². The van der Waals surface area contributed by atoms with Gasteiger partial charge in [0.1, 0.15) is 5.03 Å². The van der Waals surface area contributed by atoms with Crippen molar-refractivity contribution in [3.05, 3.63) is 76.8 Å². The van der Waals surface area contributed by atoms with Gasteiger partial charge in [-0.1, -0.05) is 73.8 Å². The van der Waals surface area contributed by atoms with Crippen LogP contribution in [0.1, 0.15) is 48.5 Å². The lowest BCUT2D eigenvalue weighted by molar-refractivity contribution is 0.0953. The summed E-state index contributed by atoms with van der Waals surface area (Å²) in [5.41, 5.74) is 3.58. The van der Waals surface area contributed by atoms with Crippen molar-refractivity contribution in [1.29, 1.82) is 0 Å². The Labute approximate surface area is 187 Å². The highest BCUT2D eigenvalue weighted by atomic mass is 35.5. The number of rotatable bonds is 10. The fourth-order valence-corrected chi connectivity index (χ4v) is 3.87. The molecule has 0 aliphatic heterocycles. The Morgan fingerprint density at radius 3 is 2.57 bits per heavy atom. The number of carbonyl (C=O) groups excluding carboxylic acids is 1. The van der Waals surface area contributed by atoms with Gasteiger partial charge >= 0.3 is 0 Å². The van der Waals surface area contributed by atoms with Gasteiger partial charge in [-0.2, -0.15) is 0 Å². The summed E-state index contributed by atoms with van der Waals surface area (Å²) in [6, 6.07) is 19.2. The number of nitrogens with one attached hydrogen (secondary N) is 1. The number of thioether (sulfide) groups is 1. The molecular weight excluding hydrogens is 414 g/mol. The number of nitrogens with zero attached hydrogens (tertiary/aromatic N) is 2. The number of carbonyl (C=O) groups is 1. The van der Waals surface area contributed by atoms with Gasteiger partial charge in [-0.05, 0) is 48.4 Å². The number of halogens is 1. The number of unbranched alkanes of at least 4 members (excludes halogenated alkanes) is 3. The van der Waals surface area contributed by atoms with Crippen molar-refractivity contribution >= 4 is 29.3 Å². The zero-order valence-electron chi connectivity index (χ0n) is 17.1. The highest BCUT2D eigenvalue weighted by Gasteiger charge is 2.07. The first-order chi connectivity index (χ1) is 14.7. The third-order valence-corrected chi connectivity index (χ3v) is 5.91. The molecule has 3 rings (SSSR count). The molecule has 6 heteroatoms. The lowest BCUT2D eigenvalue weighted by Gasteiger charge is -2.07. The summed E-state index contributed by atoms with van der Waals surface area (Å²) in [7, 11) is 0. The number of hydrogen-bond donors (Lipinski definition) is 1. The Hall–Kier alpha value is -2.37. The molecule has 0 fully saturated rings. The fourth-order valence-electron chi connectivity index (χ4n) is 2.99. The van der Waals surface area contributed by atoms with Gasteiger partial charge in [-0.25, -0.2) is 0 Å². The first-order valence-electron chi connectivity index (χ1n) is 10.3. The van der Waals surface area contributed by atoms with Gasteiger partial charge in [0, 0.05) is 28.4 Å². The molecule has 1 aromatic heterocycles. The van der Waals surface area contributed by atoms with Crippen molar-refractivity contribution in [2.45, 2.75) is 43.4 Å². The van der Waals surface area contributed by atoms with Crippen LogP contribution in [-0.2, 0) is 5.75 Å². The summed E-state index contributed by atoms with van der Waals surface area (Å²) in [6.07, 6.45) is 4.60. The Bertz CT molecular complexity index is 945. The Balaban J connectivity index is 1.52. The van der Waals surface area contributed by atoms with Gasteiger partial charge < -0.3 is 5.32 Å². The maximum atomic E-state index is 12.3. The molecule has 0 aliphatic rings. The summed E-state index contributed by atoms with van der Waals surface area (Å²) >= 11 is 7.53. The first kappa shape index (κ1) is 22.3. The molecule has 0 unspecified atom stereocenters. The number of amides is 1. The summed E-state index contributed by atoms with van der Waals surface area (Å²) in [5, 5.41) is 13.2. The maximum absolute atomic E-state index is 12.3. The summed E-state index contributed by atoms with van der Waals surface area (Å²) in [4.78, 5) is 12.3. The molecule has 1 heterocycles. The Kier molecular flexibility index (Phi) is 8.72. The molecule has 0 radical (unpaired) electrons. The van der Waals surface area contributed by atoms with E-state index in [0.717, 1.165) is 47.0 Å². The largest absolute Gasteiger partial charge is 0.352 e. The molecule has 0 saturated heterocycles. The Morgan fingerprint density at radius 2 is 1.83 bits per heavy atom. The van der Waals surface area contributed by atoms with Crippen LogP contribution < -0.4 is 5.32 Å². The van der Waals surface area contributed by atoms with Crippen molar-refractivity contribution in [3.8, 4) is 11.3 Å². The first-order valence-corrected chi connectivity index (χ1v) is 11.6. The quantitative estimate of drug-likeness (QED) is 0.293. The lowest BCUT2D eigenvalue weighted by atomic mass is 10.1. The lowest BCUT2D eigenvalue weighted by Crippen LogP contribution is -2.24. The minimum absolute atomic E-state index is 0.00884. The van der Waals surface area contributed by atoms with E-state index >= 15 is 0 Å². The van der Waals surface area contributed by atoms with E-state index in [1.165, 1.54) is 12.8 Å². The highest BCUT2D eigenvalue weighted by Crippen LogP contribution is 2.24. The smallest absolute Gasteiger partial charge is 0.251 e. The Morgan fingerprint density at radius 1 is 1.00 bits per heavy atom. The van der Waals surface area contributed by atoms with Crippen molar-refractivity contribution in [2.24, 2.45) is 0 Å². The predicted molar refractivity (Wildman–Crippen MR) is 125 cm³/mol. The van der Waals surface area contributed by atoms with Gasteiger partial charge in [-0.3, -0.25) is 4.79 Å². The highest BCUT2D eigenvalue weighted by molar-refractivity contribution is 7.98. The van der Waals surface area contributed by atoms with Crippen molar-refractivity contribution < 1.29 is 4.79 Å². The molecule has 4 nitrogen and oxygen atoms in total. The SMILES string of the molecule is CCCCCCNC(=O)c1cccc(CSc2ccc(-c3ccc(Cl)cc3)nn2)c1.